The number of hydrogen-bond acceptors (Lipinski definition) is 4. The minimum Gasteiger partial charge on any atom is -0.478 e. The molecule has 4 nitrogen and oxygen atoms in total. The highest BCUT2D eigenvalue weighted by Gasteiger charge is 2.19. The van der Waals surface area contributed by atoms with Crippen molar-refractivity contribution < 1.29 is 19.1 Å². The maximum absolute atomic E-state index is 13.3. The summed E-state index contributed by atoms with van der Waals surface area (Å²) in [6.07, 6.45) is 1.58. The Kier molecular flexibility index (Phi) is 5.66. The van der Waals surface area contributed by atoms with Crippen molar-refractivity contribution in [1.82, 2.24) is 0 Å². The van der Waals surface area contributed by atoms with E-state index in [4.69, 9.17) is 4.84 Å². The molecule has 0 aliphatic carbocycles. The van der Waals surface area contributed by atoms with Crippen molar-refractivity contribution in [1.29, 1.82) is 0 Å². The Labute approximate surface area is 160 Å². The van der Waals surface area contributed by atoms with Crippen molar-refractivity contribution in [3.8, 4) is 0 Å². The summed E-state index contributed by atoms with van der Waals surface area (Å²) in [7, 11) is 0. The summed E-state index contributed by atoms with van der Waals surface area (Å²) < 4.78 is 14.3. The Bertz CT molecular complexity index is 1050. The molecule has 6 heteroatoms. The van der Waals surface area contributed by atoms with Crippen molar-refractivity contribution >= 4 is 38.7 Å². The molecule has 1 N–H and O–H groups in total. The van der Waals surface area contributed by atoms with Crippen molar-refractivity contribution in [3.63, 3.8) is 0 Å². The molecule has 0 saturated carbocycles. The molecule has 3 rings (SSSR count). The first-order chi connectivity index (χ1) is 13.0. The lowest BCUT2D eigenvalue weighted by atomic mass is 10.1. The third-order valence-corrected chi connectivity index (χ3v) is 5.36. The van der Waals surface area contributed by atoms with E-state index in [2.05, 4.69) is 5.16 Å². The fourth-order valence-electron chi connectivity index (χ4n) is 2.77. The maximum Gasteiger partial charge on any atom is 0.336 e. The third-order valence-electron chi connectivity index (χ3n) is 4.11. The Balaban J connectivity index is 1.92. The van der Waals surface area contributed by atoms with Crippen LogP contribution >= 0.6 is 11.3 Å². The minimum atomic E-state index is -0.982. The molecule has 0 atom stereocenters. The van der Waals surface area contributed by atoms with Gasteiger partial charge in [0.25, 0.3) is 0 Å². The smallest absolute Gasteiger partial charge is 0.336 e. The zero-order chi connectivity index (χ0) is 19.4. The topological polar surface area (TPSA) is 58.9 Å². The molecule has 0 aliphatic heterocycles. The fourth-order valence-corrected chi connectivity index (χ4v) is 4.05. The van der Waals surface area contributed by atoms with Crippen LogP contribution in [-0.2, 0) is 16.2 Å². The van der Waals surface area contributed by atoms with Crippen molar-refractivity contribution in [2.45, 2.75) is 20.5 Å². The first kappa shape index (κ1) is 18.8. The second-order valence-electron chi connectivity index (χ2n) is 5.87. The van der Waals surface area contributed by atoms with E-state index in [0.717, 1.165) is 15.6 Å². The summed E-state index contributed by atoms with van der Waals surface area (Å²) in [5.74, 6) is -1.32. The van der Waals surface area contributed by atoms with Crippen LogP contribution in [0.4, 0.5) is 4.39 Å². The number of aliphatic carboxylic acids is 1. The van der Waals surface area contributed by atoms with Crippen LogP contribution in [0, 0.1) is 5.82 Å². The van der Waals surface area contributed by atoms with Gasteiger partial charge in [0.15, 0.2) is 0 Å². The Morgan fingerprint density at radius 1 is 1.26 bits per heavy atom. The summed E-state index contributed by atoms with van der Waals surface area (Å²) in [5.41, 5.74) is 2.19. The average molecular weight is 383 g/mol. The molecular formula is C21H18FNO3S. The van der Waals surface area contributed by atoms with E-state index >= 15 is 0 Å². The van der Waals surface area contributed by atoms with E-state index in [1.165, 1.54) is 23.5 Å². The summed E-state index contributed by atoms with van der Waals surface area (Å²) in [6.45, 7) is 3.55. The molecule has 138 valence electrons. The normalized spacial score (nSPS) is 12.4. The fraction of sp³-hybridized carbons (Fsp3) is 0.143. The molecule has 0 saturated heterocycles. The van der Waals surface area contributed by atoms with Crippen molar-refractivity contribution in [2.75, 3.05) is 0 Å². The van der Waals surface area contributed by atoms with Crippen LogP contribution < -0.4 is 0 Å². The minimum absolute atomic E-state index is 0.122. The number of carboxylic acid groups (broad SMARTS) is 1. The van der Waals surface area contributed by atoms with Crippen LogP contribution in [0.2, 0.25) is 0 Å². The van der Waals surface area contributed by atoms with Gasteiger partial charge in [0.2, 0.25) is 0 Å². The van der Waals surface area contributed by atoms with Gasteiger partial charge in [-0.3, -0.25) is 0 Å². The Hall–Kier alpha value is -2.99. The van der Waals surface area contributed by atoms with Crippen LogP contribution in [0.1, 0.15) is 29.9 Å². The summed E-state index contributed by atoms with van der Waals surface area (Å²) in [5, 5.41) is 14.5. The molecule has 0 radical (unpaired) electrons. The number of thiophene rings is 1. The third kappa shape index (κ3) is 4.06. The van der Waals surface area contributed by atoms with Gasteiger partial charge in [0, 0.05) is 20.7 Å². The number of nitrogens with zero attached hydrogens (tertiary/aromatic N) is 1. The van der Waals surface area contributed by atoms with E-state index in [-0.39, 0.29) is 18.0 Å². The van der Waals surface area contributed by atoms with E-state index < -0.39 is 5.97 Å². The Morgan fingerprint density at radius 3 is 2.74 bits per heavy atom. The van der Waals surface area contributed by atoms with Crippen LogP contribution in [0.25, 0.3) is 15.7 Å². The van der Waals surface area contributed by atoms with E-state index in [9.17, 15) is 14.3 Å². The van der Waals surface area contributed by atoms with Gasteiger partial charge in [-0.1, -0.05) is 41.6 Å². The van der Waals surface area contributed by atoms with Gasteiger partial charge in [-0.05, 0) is 37.4 Å². The first-order valence-electron chi connectivity index (χ1n) is 8.34. The highest BCUT2D eigenvalue weighted by molar-refractivity contribution is 7.20. The number of allylic oxidation sites excluding steroid dienone is 1. The molecule has 27 heavy (non-hydrogen) atoms. The van der Waals surface area contributed by atoms with Gasteiger partial charge in [-0.15, -0.1) is 11.3 Å². The highest BCUT2D eigenvalue weighted by atomic mass is 32.1. The maximum atomic E-state index is 13.3. The molecule has 0 unspecified atom stereocenters. The van der Waals surface area contributed by atoms with Gasteiger partial charge in [0.05, 0.1) is 11.3 Å². The largest absolute Gasteiger partial charge is 0.478 e. The van der Waals surface area contributed by atoms with Crippen LogP contribution in [-0.4, -0.2) is 16.8 Å². The second kappa shape index (κ2) is 8.14. The highest BCUT2D eigenvalue weighted by Crippen LogP contribution is 2.36. The Morgan fingerprint density at radius 2 is 2.04 bits per heavy atom. The van der Waals surface area contributed by atoms with Gasteiger partial charge >= 0.3 is 5.97 Å². The average Bonchev–Trinajstić information content (AvgIpc) is 3.00. The van der Waals surface area contributed by atoms with Gasteiger partial charge in [-0.25, -0.2) is 9.18 Å². The molecule has 3 aromatic rings. The first-order valence-corrected chi connectivity index (χ1v) is 9.15. The number of fused-ring (bicyclic) bond motifs is 1. The summed E-state index contributed by atoms with van der Waals surface area (Å²) >= 11 is 1.41. The van der Waals surface area contributed by atoms with E-state index in [1.54, 1.807) is 32.1 Å². The number of oxime groups is 1. The molecular weight excluding hydrogens is 365 g/mol. The quantitative estimate of drug-likeness (QED) is 0.349. The van der Waals surface area contributed by atoms with Gasteiger partial charge in [0.1, 0.15) is 12.4 Å². The number of carbonyl (C=O) groups is 1. The molecule has 0 spiro atoms. The molecule has 0 amide bonds. The summed E-state index contributed by atoms with van der Waals surface area (Å²) in [6, 6.07) is 13.8. The lowest BCUT2D eigenvalue weighted by Gasteiger charge is -2.06. The monoisotopic (exact) mass is 383 g/mol. The van der Waals surface area contributed by atoms with E-state index in [1.807, 2.05) is 24.3 Å². The molecule has 2 aromatic carbocycles. The zero-order valence-corrected chi connectivity index (χ0v) is 15.7. The number of rotatable bonds is 6. The number of halogens is 1. The standard InChI is InChI=1S/C21H18FNO3S/c1-3-16(21(24)25)20-18(17-9-4-5-10-19(17)27-20)12-26-23-13(2)14-7-6-8-15(22)11-14/h3-11H,12H2,1-2H3,(H,24,25). The van der Waals surface area contributed by atoms with Crippen LogP contribution in [0.15, 0.2) is 59.8 Å². The number of carboxylic acids is 1. The van der Waals surface area contributed by atoms with Crippen LogP contribution in [0.3, 0.4) is 0 Å². The molecule has 1 aromatic heterocycles. The summed E-state index contributed by atoms with van der Waals surface area (Å²) in [4.78, 5) is 17.8. The number of hydrogen-bond donors (Lipinski definition) is 1. The molecule has 0 fully saturated rings. The van der Waals surface area contributed by atoms with Crippen LogP contribution in [0.5, 0.6) is 0 Å². The van der Waals surface area contributed by atoms with Crippen molar-refractivity contribution in [3.05, 3.63) is 76.4 Å². The number of benzene rings is 2. The van der Waals surface area contributed by atoms with Gasteiger partial charge in [-0.2, -0.15) is 0 Å². The predicted octanol–water partition coefficient (Wildman–Crippen LogP) is 5.47. The SMILES string of the molecule is CC=C(C(=O)O)c1sc2ccccc2c1CON=C(C)c1cccc(F)c1. The molecule has 0 bridgehead atoms. The zero-order valence-electron chi connectivity index (χ0n) is 14.9. The second-order valence-corrected chi connectivity index (χ2v) is 6.93. The molecule has 1 heterocycles. The molecule has 0 aliphatic rings. The lowest BCUT2D eigenvalue weighted by molar-refractivity contribution is -0.130. The van der Waals surface area contributed by atoms with E-state index in [0.29, 0.717) is 16.2 Å². The van der Waals surface area contributed by atoms with Crippen molar-refractivity contribution in [2.24, 2.45) is 5.16 Å². The predicted molar refractivity (Wildman–Crippen MR) is 107 cm³/mol. The lowest BCUT2D eigenvalue weighted by Crippen LogP contribution is -2.02. The van der Waals surface area contributed by atoms with Gasteiger partial charge < -0.3 is 9.94 Å².